The largest absolute Gasteiger partial charge is 0.478 e. The maximum atomic E-state index is 14.5. The number of carboxylic acids is 1. The fourth-order valence-corrected chi connectivity index (χ4v) is 2.56. The minimum Gasteiger partial charge on any atom is -0.478 e. The first-order valence-corrected chi connectivity index (χ1v) is 8.29. The van der Waals surface area contributed by atoms with Gasteiger partial charge in [-0.15, -0.1) is 0 Å². The van der Waals surface area contributed by atoms with E-state index in [0.29, 0.717) is 12.1 Å². The highest BCUT2D eigenvalue weighted by molar-refractivity contribution is 5.92. The SMILES string of the molecule is CC[C@@H](Nc1cc([C@](O)(F)CC)c(C(=O)O)c([C@](O)(F)CC)c1)C(F)(F)F. The van der Waals surface area contributed by atoms with Crippen LogP contribution in [-0.4, -0.2) is 33.5 Å². The zero-order valence-electron chi connectivity index (χ0n) is 15.0. The summed E-state index contributed by atoms with van der Waals surface area (Å²) in [5.41, 5.74) is -3.42. The number of carbonyl (C=O) groups is 1. The van der Waals surface area contributed by atoms with E-state index in [1.165, 1.54) is 6.92 Å². The number of hydrogen-bond donors (Lipinski definition) is 4. The summed E-state index contributed by atoms with van der Waals surface area (Å²) in [6, 6.07) is -0.731. The molecule has 4 N–H and O–H groups in total. The molecule has 0 heterocycles. The molecule has 1 aromatic rings. The topological polar surface area (TPSA) is 89.8 Å². The molecule has 10 heteroatoms. The molecule has 3 atom stereocenters. The van der Waals surface area contributed by atoms with Gasteiger partial charge in [-0.3, -0.25) is 0 Å². The number of alkyl halides is 5. The lowest BCUT2D eigenvalue weighted by atomic mass is 9.89. The van der Waals surface area contributed by atoms with E-state index in [1.807, 2.05) is 5.32 Å². The van der Waals surface area contributed by atoms with Crippen LogP contribution in [0.2, 0.25) is 0 Å². The molecule has 0 spiro atoms. The van der Waals surface area contributed by atoms with E-state index >= 15 is 0 Å². The van der Waals surface area contributed by atoms with E-state index in [-0.39, 0.29) is 0 Å². The summed E-state index contributed by atoms with van der Waals surface area (Å²) >= 11 is 0. The van der Waals surface area contributed by atoms with Crippen molar-refractivity contribution in [3.63, 3.8) is 0 Å². The van der Waals surface area contributed by atoms with Gasteiger partial charge in [0.15, 0.2) is 0 Å². The number of aromatic carboxylic acids is 1. The minimum absolute atomic E-state index is 0.420. The molecule has 1 aromatic carbocycles. The molecule has 0 bridgehead atoms. The first-order chi connectivity index (χ1) is 12.2. The van der Waals surface area contributed by atoms with Crippen molar-refractivity contribution in [2.75, 3.05) is 5.32 Å². The maximum absolute atomic E-state index is 14.5. The van der Waals surface area contributed by atoms with E-state index in [0.717, 1.165) is 13.8 Å². The first kappa shape index (κ1) is 23.1. The van der Waals surface area contributed by atoms with Crippen molar-refractivity contribution in [3.8, 4) is 0 Å². The Bertz CT molecular complexity index is 651. The van der Waals surface area contributed by atoms with Gasteiger partial charge in [-0.05, 0) is 18.6 Å². The van der Waals surface area contributed by atoms with Gasteiger partial charge in [0.05, 0.1) is 5.56 Å². The van der Waals surface area contributed by atoms with E-state index in [2.05, 4.69) is 0 Å². The predicted molar refractivity (Wildman–Crippen MR) is 87.7 cm³/mol. The lowest BCUT2D eigenvalue weighted by Crippen LogP contribution is -2.36. The second-order valence-electron chi connectivity index (χ2n) is 6.12. The molecule has 0 saturated carbocycles. The van der Waals surface area contributed by atoms with Gasteiger partial charge in [-0.1, -0.05) is 20.8 Å². The van der Waals surface area contributed by atoms with Gasteiger partial charge in [-0.25, -0.2) is 13.6 Å². The fourth-order valence-electron chi connectivity index (χ4n) is 2.56. The number of halogens is 5. The third kappa shape index (κ3) is 5.07. The van der Waals surface area contributed by atoms with Crippen molar-refractivity contribution >= 4 is 11.7 Å². The smallest absolute Gasteiger partial charge is 0.408 e. The monoisotopic (exact) mass is 399 g/mol. The molecule has 0 fully saturated rings. The summed E-state index contributed by atoms with van der Waals surface area (Å²) in [4.78, 5) is 11.6. The van der Waals surface area contributed by atoms with Crippen LogP contribution in [0.4, 0.5) is 27.6 Å². The van der Waals surface area contributed by atoms with E-state index in [4.69, 9.17) is 0 Å². The van der Waals surface area contributed by atoms with Crippen LogP contribution in [0.3, 0.4) is 0 Å². The highest BCUT2D eigenvalue weighted by Gasteiger charge is 2.41. The Balaban J connectivity index is 3.76. The second kappa shape index (κ2) is 7.97. The van der Waals surface area contributed by atoms with Gasteiger partial charge in [0.1, 0.15) is 6.04 Å². The Kier molecular flexibility index (Phi) is 6.82. The Morgan fingerprint density at radius 1 is 1.00 bits per heavy atom. The number of carboxylic acid groups (broad SMARTS) is 1. The molecule has 5 nitrogen and oxygen atoms in total. The standard InChI is InChI=1S/C17H22F5NO4/c1-4-12(17(20,21)22)23-9-7-10(15(18,26)5-2)13(14(24)25)11(8-9)16(19,27)6-3/h7-8,12,23,26-27H,4-6H2,1-3H3,(H,24,25)/t12-,15+,16+/m1/s1. The number of anilines is 1. The zero-order chi connectivity index (χ0) is 21.2. The second-order valence-corrected chi connectivity index (χ2v) is 6.12. The first-order valence-electron chi connectivity index (χ1n) is 8.29. The van der Waals surface area contributed by atoms with Crippen LogP contribution in [-0.2, 0) is 11.7 Å². The maximum Gasteiger partial charge on any atom is 0.408 e. The van der Waals surface area contributed by atoms with Gasteiger partial charge < -0.3 is 20.6 Å². The lowest BCUT2D eigenvalue weighted by molar-refractivity contribution is -0.142. The third-order valence-electron chi connectivity index (χ3n) is 4.26. The van der Waals surface area contributed by atoms with Crippen LogP contribution in [0.25, 0.3) is 0 Å². The van der Waals surface area contributed by atoms with Crippen molar-refractivity contribution < 1.29 is 42.1 Å². The minimum atomic E-state index is -4.69. The molecule has 0 aliphatic rings. The van der Waals surface area contributed by atoms with Crippen LogP contribution < -0.4 is 5.32 Å². The van der Waals surface area contributed by atoms with Gasteiger partial charge >= 0.3 is 12.1 Å². The number of rotatable bonds is 8. The third-order valence-corrected chi connectivity index (χ3v) is 4.26. The van der Waals surface area contributed by atoms with Crippen LogP contribution in [0.5, 0.6) is 0 Å². The van der Waals surface area contributed by atoms with Crippen molar-refractivity contribution in [3.05, 3.63) is 28.8 Å². The molecule has 154 valence electrons. The van der Waals surface area contributed by atoms with Crippen LogP contribution in [0, 0.1) is 0 Å². The van der Waals surface area contributed by atoms with Crippen molar-refractivity contribution in [1.29, 1.82) is 0 Å². The lowest BCUT2D eigenvalue weighted by Gasteiger charge is -2.28. The summed E-state index contributed by atoms with van der Waals surface area (Å²) in [5.74, 6) is -8.36. The van der Waals surface area contributed by atoms with E-state index < -0.39 is 71.5 Å². The summed E-state index contributed by atoms with van der Waals surface area (Å²) in [5, 5.41) is 31.1. The number of nitrogens with one attached hydrogen (secondary N) is 1. The van der Waals surface area contributed by atoms with Crippen molar-refractivity contribution in [2.24, 2.45) is 0 Å². The molecule has 0 aliphatic heterocycles. The van der Waals surface area contributed by atoms with Gasteiger partial charge in [0, 0.05) is 29.7 Å². The Morgan fingerprint density at radius 3 is 1.67 bits per heavy atom. The summed E-state index contributed by atoms with van der Waals surface area (Å²) < 4.78 is 68.1. The van der Waals surface area contributed by atoms with Gasteiger partial charge in [0.2, 0.25) is 11.7 Å². The van der Waals surface area contributed by atoms with Gasteiger partial charge in [-0.2, -0.15) is 13.2 Å². The molecule has 0 radical (unpaired) electrons. The van der Waals surface area contributed by atoms with Crippen molar-refractivity contribution in [2.45, 2.75) is 64.0 Å². The molecule has 0 unspecified atom stereocenters. The Labute approximate surface area is 152 Å². The average molecular weight is 399 g/mol. The molecule has 0 saturated heterocycles. The molecule has 0 aromatic heterocycles. The summed E-state index contributed by atoms with van der Waals surface area (Å²) in [6.45, 7) is 3.56. The molecular weight excluding hydrogens is 377 g/mol. The highest BCUT2D eigenvalue weighted by atomic mass is 19.4. The average Bonchev–Trinajstić information content (AvgIpc) is 2.57. The molecular formula is C17H22F5NO4. The fraction of sp³-hybridized carbons (Fsp3) is 0.588. The summed E-state index contributed by atoms with van der Waals surface area (Å²) in [6.07, 6.45) is -6.41. The molecule has 1 rings (SSSR count). The number of aliphatic hydroxyl groups is 2. The van der Waals surface area contributed by atoms with Crippen LogP contribution >= 0.6 is 0 Å². The summed E-state index contributed by atoms with van der Waals surface area (Å²) in [7, 11) is 0. The highest BCUT2D eigenvalue weighted by Crippen LogP contribution is 2.40. The number of hydrogen-bond acceptors (Lipinski definition) is 4. The normalized spacial score (nSPS) is 17.7. The molecule has 27 heavy (non-hydrogen) atoms. The molecule has 0 amide bonds. The quantitative estimate of drug-likeness (QED) is 0.493. The Hall–Kier alpha value is -1.94. The van der Waals surface area contributed by atoms with Gasteiger partial charge in [0.25, 0.3) is 0 Å². The molecule has 0 aliphatic carbocycles. The number of benzene rings is 1. The Morgan fingerprint density at radius 2 is 1.41 bits per heavy atom. The van der Waals surface area contributed by atoms with E-state index in [9.17, 15) is 42.1 Å². The predicted octanol–water partition coefficient (Wildman–Crippen LogP) is 4.19. The zero-order valence-corrected chi connectivity index (χ0v) is 15.0. The van der Waals surface area contributed by atoms with Crippen LogP contribution in [0.1, 0.15) is 61.5 Å². The van der Waals surface area contributed by atoms with Crippen LogP contribution in [0.15, 0.2) is 12.1 Å². The van der Waals surface area contributed by atoms with Crippen molar-refractivity contribution in [1.82, 2.24) is 0 Å². The van der Waals surface area contributed by atoms with E-state index in [1.54, 1.807) is 0 Å².